The van der Waals surface area contributed by atoms with Crippen molar-refractivity contribution in [3.63, 3.8) is 0 Å². The van der Waals surface area contributed by atoms with Crippen molar-refractivity contribution in [1.29, 1.82) is 0 Å². The maximum atomic E-state index is 12.5. The second kappa shape index (κ2) is 6.23. The first kappa shape index (κ1) is 16.5. The van der Waals surface area contributed by atoms with E-state index in [4.69, 9.17) is 10.5 Å². The fourth-order valence-corrected chi connectivity index (χ4v) is 3.45. The average molecular weight is 300 g/mol. The maximum absolute atomic E-state index is 12.5. The number of amides is 1. The molecular weight excluding hydrogens is 280 g/mol. The molecule has 0 aliphatic heterocycles. The van der Waals surface area contributed by atoms with Gasteiger partial charge in [0.05, 0.1) is 12.0 Å². The van der Waals surface area contributed by atoms with Crippen molar-refractivity contribution in [1.82, 2.24) is 4.31 Å². The third-order valence-corrected chi connectivity index (χ3v) is 4.90. The number of nitrogens with zero attached hydrogens (tertiary/aromatic N) is 1. The number of carbonyl (C=O) groups is 1. The van der Waals surface area contributed by atoms with Gasteiger partial charge in [-0.3, -0.25) is 4.79 Å². The van der Waals surface area contributed by atoms with Gasteiger partial charge in [0, 0.05) is 7.05 Å². The Kier molecular flexibility index (Phi) is 5.13. The summed E-state index contributed by atoms with van der Waals surface area (Å²) in [4.78, 5) is 11.5. The molecule has 112 valence electrons. The van der Waals surface area contributed by atoms with E-state index < -0.39 is 22.0 Å². The molecule has 0 heterocycles. The molecule has 0 bridgehead atoms. The SMILES string of the molecule is COc1ccc(S(=O)(=O)N(C)C(C(N)=O)C(C)C)cc1. The van der Waals surface area contributed by atoms with Crippen LogP contribution >= 0.6 is 0 Å². The van der Waals surface area contributed by atoms with Gasteiger partial charge in [-0.25, -0.2) is 8.42 Å². The normalized spacial score (nSPS) is 13.5. The van der Waals surface area contributed by atoms with Crippen LogP contribution in [0.5, 0.6) is 5.75 Å². The third kappa shape index (κ3) is 3.29. The number of ether oxygens (including phenoxy) is 1. The van der Waals surface area contributed by atoms with Gasteiger partial charge in [0.2, 0.25) is 15.9 Å². The number of likely N-dealkylation sites (N-methyl/N-ethyl adjacent to an activating group) is 1. The summed E-state index contributed by atoms with van der Waals surface area (Å²) in [6.45, 7) is 3.49. The summed E-state index contributed by atoms with van der Waals surface area (Å²) >= 11 is 0. The smallest absolute Gasteiger partial charge is 0.243 e. The van der Waals surface area contributed by atoms with Crippen LogP contribution in [0.1, 0.15) is 13.8 Å². The Bertz CT molecular complexity index is 567. The molecule has 0 fully saturated rings. The maximum Gasteiger partial charge on any atom is 0.243 e. The van der Waals surface area contributed by atoms with Crippen molar-refractivity contribution in [2.45, 2.75) is 24.8 Å². The number of hydrogen-bond acceptors (Lipinski definition) is 4. The molecule has 1 atom stereocenters. The summed E-state index contributed by atoms with van der Waals surface area (Å²) in [5.41, 5.74) is 5.29. The molecule has 0 radical (unpaired) electrons. The molecule has 6 nitrogen and oxygen atoms in total. The van der Waals surface area contributed by atoms with Gasteiger partial charge in [-0.05, 0) is 30.2 Å². The number of benzene rings is 1. The van der Waals surface area contributed by atoms with Gasteiger partial charge in [-0.2, -0.15) is 4.31 Å². The Labute approximate surface area is 119 Å². The molecule has 7 heteroatoms. The number of rotatable bonds is 6. The zero-order valence-corrected chi connectivity index (χ0v) is 12.8. The lowest BCUT2D eigenvalue weighted by Gasteiger charge is -2.27. The monoisotopic (exact) mass is 300 g/mol. The Morgan fingerprint density at radius 1 is 1.25 bits per heavy atom. The van der Waals surface area contributed by atoms with Crippen LogP contribution < -0.4 is 10.5 Å². The van der Waals surface area contributed by atoms with E-state index in [1.54, 1.807) is 26.0 Å². The van der Waals surface area contributed by atoms with E-state index in [1.807, 2.05) is 0 Å². The van der Waals surface area contributed by atoms with Gasteiger partial charge < -0.3 is 10.5 Å². The summed E-state index contributed by atoms with van der Waals surface area (Å²) in [5.74, 6) is -0.327. The van der Waals surface area contributed by atoms with E-state index in [9.17, 15) is 13.2 Å². The minimum atomic E-state index is -3.78. The molecule has 20 heavy (non-hydrogen) atoms. The van der Waals surface area contributed by atoms with E-state index in [0.717, 1.165) is 4.31 Å². The number of hydrogen-bond donors (Lipinski definition) is 1. The number of carbonyl (C=O) groups excluding carboxylic acids is 1. The highest BCUT2D eigenvalue weighted by Crippen LogP contribution is 2.22. The third-order valence-electron chi connectivity index (χ3n) is 3.05. The van der Waals surface area contributed by atoms with E-state index >= 15 is 0 Å². The largest absolute Gasteiger partial charge is 0.497 e. The summed E-state index contributed by atoms with van der Waals surface area (Å²) in [6, 6.07) is 5.08. The molecule has 0 spiro atoms. The molecular formula is C13H20N2O4S. The number of nitrogens with two attached hydrogens (primary N) is 1. The summed E-state index contributed by atoms with van der Waals surface area (Å²) in [5, 5.41) is 0. The van der Waals surface area contributed by atoms with E-state index in [-0.39, 0.29) is 10.8 Å². The Hall–Kier alpha value is -1.60. The van der Waals surface area contributed by atoms with Crippen molar-refractivity contribution >= 4 is 15.9 Å². The molecule has 1 amide bonds. The van der Waals surface area contributed by atoms with Gasteiger partial charge in [0.15, 0.2) is 0 Å². The standard InChI is InChI=1S/C13H20N2O4S/c1-9(2)12(13(14)16)15(3)20(17,18)11-7-5-10(19-4)6-8-11/h5-9,12H,1-4H3,(H2,14,16). The fourth-order valence-electron chi connectivity index (χ4n) is 1.99. The molecule has 1 aromatic rings. The van der Waals surface area contributed by atoms with Gasteiger partial charge in [-0.1, -0.05) is 13.8 Å². The highest BCUT2D eigenvalue weighted by molar-refractivity contribution is 7.89. The lowest BCUT2D eigenvalue weighted by molar-refractivity contribution is -0.122. The molecule has 0 saturated carbocycles. The minimum Gasteiger partial charge on any atom is -0.497 e. The fraction of sp³-hybridized carbons (Fsp3) is 0.462. The summed E-state index contributed by atoms with van der Waals surface area (Å²) in [7, 11) is -0.923. The molecule has 0 aromatic heterocycles. The molecule has 1 rings (SSSR count). The topological polar surface area (TPSA) is 89.7 Å². The van der Waals surface area contributed by atoms with Gasteiger partial charge in [0.25, 0.3) is 0 Å². The van der Waals surface area contributed by atoms with Crippen molar-refractivity contribution < 1.29 is 17.9 Å². The number of primary amides is 1. The minimum absolute atomic E-state index is 0.0905. The molecule has 0 aliphatic rings. The van der Waals surface area contributed by atoms with Gasteiger partial charge >= 0.3 is 0 Å². The first-order valence-corrected chi connectivity index (χ1v) is 7.57. The lowest BCUT2D eigenvalue weighted by atomic mass is 10.0. The van der Waals surface area contributed by atoms with Gasteiger partial charge in [-0.15, -0.1) is 0 Å². The molecule has 1 unspecified atom stereocenters. The van der Waals surface area contributed by atoms with Crippen LogP contribution in [-0.2, 0) is 14.8 Å². The predicted octanol–water partition coefficient (Wildman–Crippen LogP) is 0.826. The molecule has 1 aromatic carbocycles. The molecule has 2 N–H and O–H groups in total. The zero-order chi connectivity index (χ0) is 15.5. The van der Waals surface area contributed by atoms with E-state index in [1.165, 1.54) is 26.3 Å². The highest BCUT2D eigenvalue weighted by atomic mass is 32.2. The van der Waals surface area contributed by atoms with Crippen molar-refractivity contribution in [3.05, 3.63) is 24.3 Å². The summed E-state index contributed by atoms with van der Waals surface area (Å²) in [6.07, 6.45) is 0. The first-order chi connectivity index (χ1) is 9.21. The van der Waals surface area contributed by atoms with E-state index in [2.05, 4.69) is 0 Å². The summed E-state index contributed by atoms with van der Waals surface area (Å²) < 4.78 is 30.9. The van der Waals surface area contributed by atoms with Crippen LogP contribution in [-0.4, -0.2) is 38.8 Å². The Balaban J connectivity index is 3.16. The van der Waals surface area contributed by atoms with Crippen LogP contribution in [0, 0.1) is 5.92 Å². The van der Waals surface area contributed by atoms with Crippen molar-refractivity contribution in [3.8, 4) is 5.75 Å². The second-order valence-corrected chi connectivity index (χ2v) is 6.79. The van der Waals surface area contributed by atoms with Crippen molar-refractivity contribution in [2.75, 3.05) is 14.2 Å². The quantitative estimate of drug-likeness (QED) is 0.842. The number of methoxy groups -OCH3 is 1. The predicted molar refractivity (Wildman–Crippen MR) is 75.8 cm³/mol. The van der Waals surface area contributed by atoms with Crippen LogP contribution in [0.25, 0.3) is 0 Å². The second-order valence-electron chi connectivity index (χ2n) is 4.79. The Morgan fingerprint density at radius 2 is 1.75 bits per heavy atom. The molecule has 0 aliphatic carbocycles. The van der Waals surface area contributed by atoms with Crippen molar-refractivity contribution in [2.24, 2.45) is 11.7 Å². The highest BCUT2D eigenvalue weighted by Gasteiger charge is 2.33. The number of sulfonamides is 1. The van der Waals surface area contributed by atoms with Crippen LogP contribution in [0.3, 0.4) is 0 Å². The zero-order valence-electron chi connectivity index (χ0n) is 12.0. The molecule has 0 saturated heterocycles. The Morgan fingerprint density at radius 3 is 2.10 bits per heavy atom. The average Bonchev–Trinajstić information content (AvgIpc) is 2.37. The lowest BCUT2D eigenvalue weighted by Crippen LogP contribution is -2.48. The van der Waals surface area contributed by atoms with Crippen LogP contribution in [0.2, 0.25) is 0 Å². The van der Waals surface area contributed by atoms with Crippen LogP contribution in [0.4, 0.5) is 0 Å². The van der Waals surface area contributed by atoms with E-state index in [0.29, 0.717) is 5.75 Å². The van der Waals surface area contributed by atoms with Gasteiger partial charge in [0.1, 0.15) is 11.8 Å². The first-order valence-electron chi connectivity index (χ1n) is 6.13. The van der Waals surface area contributed by atoms with Crippen LogP contribution in [0.15, 0.2) is 29.2 Å².